The number of ether oxygens (including phenoxy) is 2. The molecule has 1 aromatic rings. The monoisotopic (exact) mass is 243 g/mol. The molecule has 0 spiro atoms. The van der Waals surface area contributed by atoms with Gasteiger partial charge in [-0.1, -0.05) is 11.6 Å². The van der Waals surface area contributed by atoms with Crippen LogP contribution in [0.4, 0.5) is 0 Å². The molecular formula is C10H10ClNO4. The second-order valence-corrected chi connectivity index (χ2v) is 3.54. The Kier molecular flexibility index (Phi) is 3.28. The molecule has 0 saturated carbocycles. The number of rotatable bonds is 4. The highest BCUT2D eigenvalue weighted by atomic mass is 35.5. The summed E-state index contributed by atoms with van der Waals surface area (Å²) in [5.41, 5.74) is 3.76. The molecule has 0 saturated heterocycles. The van der Waals surface area contributed by atoms with Gasteiger partial charge in [0.1, 0.15) is 0 Å². The van der Waals surface area contributed by atoms with Gasteiger partial charge >= 0.3 is 0 Å². The van der Waals surface area contributed by atoms with E-state index < -0.39 is 0 Å². The van der Waals surface area contributed by atoms with Crippen molar-refractivity contribution in [3.63, 3.8) is 0 Å². The first-order chi connectivity index (χ1) is 7.77. The van der Waals surface area contributed by atoms with E-state index in [0.29, 0.717) is 40.5 Å². The number of aldehydes is 1. The first-order valence-electron chi connectivity index (χ1n) is 4.60. The summed E-state index contributed by atoms with van der Waals surface area (Å²) in [5, 5.41) is 0.441. The van der Waals surface area contributed by atoms with E-state index in [0.717, 1.165) is 0 Å². The first kappa shape index (κ1) is 11.2. The van der Waals surface area contributed by atoms with Crippen LogP contribution in [0.15, 0.2) is 6.07 Å². The Morgan fingerprint density at radius 1 is 1.56 bits per heavy atom. The third-order valence-electron chi connectivity index (χ3n) is 2.24. The van der Waals surface area contributed by atoms with E-state index in [2.05, 4.69) is 5.48 Å². The molecule has 1 aliphatic heterocycles. The number of carbonyl (C=O) groups excluding carboxylic acids is 1. The van der Waals surface area contributed by atoms with Gasteiger partial charge in [0.2, 0.25) is 6.79 Å². The summed E-state index contributed by atoms with van der Waals surface area (Å²) < 4.78 is 10.5. The highest BCUT2D eigenvalue weighted by Gasteiger charge is 2.24. The number of halogens is 1. The fourth-order valence-electron chi connectivity index (χ4n) is 1.51. The fraction of sp³-hybridized carbons (Fsp3) is 0.300. The van der Waals surface area contributed by atoms with Gasteiger partial charge in [-0.05, 0) is 6.07 Å². The van der Waals surface area contributed by atoms with Crippen molar-refractivity contribution in [2.45, 2.75) is 6.54 Å². The van der Waals surface area contributed by atoms with Crippen LogP contribution >= 0.6 is 11.6 Å². The molecule has 1 heterocycles. The summed E-state index contributed by atoms with van der Waals surface area (Å²) in [4.78, 5) is 15.6. The molecule has 86 valence electrons. The van der Waals surface area contributed by atoms with E-state index in [9.17, 15) is 4.79 Å². The molecule has 0 radical (unpaired) electrons. The number of hydrogen-bond donors (Lipinski definition) is 1. The number of hydrogen-bond acceptors (Lipinski definition) is 5. The summed E-state index contributed by atoms with van der Waals surface area (Å²) in [7, 11) is 1.51. The first-order valence-corrected chi connectivity index (χ1v) is 4.97. The van der Waals surface area contributed by atoms with Crippen molar-refractivity contribution in [2.24, 2.45) is 0 Å². The molecule has 0 fully saturated rings. The van der Waals surface area contributed by atoms with Crippen LogP contribution < -0.4 is 15.0 Å². The van der Waals surface area contributed by atoms with Gasteiger partial charge in [0.05, 0.1) is 19.2 Å². The maximum absolute atomic E-state index is 10.8. The molecule has 1 aromatic carbocycles. The van der Waals surface area contributed by atoms with Crippen molar-refractivity contribution in [1.29, 1.82) is 0 Å². The van der Waals surface area contributed by atoms with Gasteiger partial charge in [0.25, 0.3) is 0 Å². The topological polar surface area (TPSA) is 56.8 Å². The van der Waals surface area contributed by atoms with Gasteiger partial charge in [-0.25, -0.2) is 0 Å². The van der Waals surface area contributed by atoms with E-state index in [-0.39, 0.29) is 6.79 Å². The summed E-state index contributed by atoms with van der Waals surface area (Å²) in [6, 6.07) is 1.55. The Morgan fingerprint density at radius 2 is 2.31 bits per heavy atom. The van der Waals surface area contributed by atoms with E-state index in [1.807, 2.05) is 0 Å². The third kappa shape index (κ3) is 1.84. The van der Waals surface area contributed by atoms with E-state index in [1.54, 1.807) is 6.07 Å². The molecule has 16 heavy (non-hydrogen) atoms. The lowest BCUT2D eigenvalue weighted by Crippen LogP contribution is -2.12. The van der Waals surface area contributed by atoms with Gasteiger partial charge < -0.3 is 14.3 Å². The van der Waals surface area contributed by atoms with Crippen LogP contribution in [0.5, 0.6) is 11.5 Å². The van der Waals surface area contributed by atoms with Gasteiger partial charge in [0.15, 0.2) is 17.8 Å². The molecule has 6 heteroatoms. The van der Waals surface area contributed by atoms with E-state index >= 15 is 0 Å². The van der Waals surface area contributed by atoms with E-state index in [4.69, 9.17) is 25.9 Å². The fourth-order valence-corrected chi connectivity index (χ4v) is 1.78. The molecule has 0 unspecified atom stereocenters. The summed E-state index contributed by atoms with van der Waals surface area (Å²) >= 11 is 6.04. The van der Waals surface area contributed by atoms with Crippen molar-refractivity contribution in [3.05, 3.63) is 22.2 Å². The predicted octanol–water partition coefficient (Wildman–Crippen LogP) is 1.53. The summed E-state index contributed by atoms with van der Waals surface area (Å²) in [6.45, 7) is 0.469. The Balaban J connectivity index is 2.45. The summed E-state index contributed by atoms with van der Waals surface area (Å²) in [5.74, 6) is 0.937. The molecule has 0 aliphatic carbocycles. The quantitative estimate of drug-likeness (QED) is 0.642. The minimum atomic E-state index is 0.0937. The Morgan fingerprint density at radius 3 is 3.00 bits per heavy atom. The van der Waals surface area contributed by atoms with E-state index in [1.165, 1.54) is 7.11 Å². The van der Waals surface area contributed by atoms with Gasteiger partial charge in [-0.15, -0.1) is 0 Å². The van der Waals surface area contributed by atoms with Crippen LogP contribution in [0.3, 0.4) is 0 Å². The predicted molar refractivity (Wildman–Crippen MR) is 56.8 cm³/mol. The Labute approximate surface area is 97.2 Å². The maximum atomic E-state index is 10.8. The Bertz CT molecular complexity index is 422. The van der Waals surface area contributed by atoms with Crippen LogP contribution in [0.1, 0.15) is 15.9 Å². The van der Waals surface area contributed by atoms with Gasteiger partial charge in [-0.2, -0.15) is 5.48 Å². The van der Waals surface area contributed by atoms with Crippen LogP contribution in [0.2, 0.25) is 5.02 Å². The number of nitrogens with one attached hydrogen (secondary N) is 1. The second kappa shape index (κ2) is 4.69. The van der Waals surface area contributed by atoms with Crippen molar-refractivity contribution < 1.29 is 19.1 Å². The SMILES string of the molecule is CONCc1c(Cl)cc(C=O)c2c1OCO2. The lowest BCUT2D eigenvalue weighted by Gasteiger charge is -2.09. The molecular weight excluding hydrogens is 234 g/mol. The minimum Gasteiger partial charge on any atom is -0.453 e. The number of hydroxylamine groups is 1. The van der Waals surface area contributed by atoms with Crippen LogP contribution in [0.25, 0.3) is 0 Å². The zero-order valence-corrected chi connectivity index (χ0v) is 9.34. The number of carbonyl (C=O) groups is 1. The number of fused-ring (bicyclic) bond motifs is 1. The maximum Gasteiger partial charge on any atom is 0.231 e. The smallest absolute Gasteiger partial charge is 0.231 e. The molecule has 1 N–H and O–H groups in total. The van der Waals surface area contributed by atoms with Crippen LogP contribution in [-0.2, 0) is 11.4 Å². The summed E-state index contributed by atoms with van der Waals surface area (Å²) in [6.07, 6.45) is 0.687. The average molecular weight is 244 g/mol. The molecule has 2 rings (SSSR count). The van der Waals surface area contributed by atoms with Gasteiger partial charge in [0, 0.05) is 10.6 Å². The molecule has 0 aromatic heterocycles. The lowest BCUT2D eigenvalue weighted by molar-refractivity contribution is 0.0858. The van der Waals surface area contributed by atoms with Crippen LogP contribution in [0, 0.1) is 0 Å². The standard InChI is InChI=1S/C10H10ClNO4/c1-14-12-3-7-8(11)2-6(4-13)9-10(7)16-5-15-9/h2,4,12H,3,5H2,1H3. The normalized spacial score (nSPS) is 12.9. The molecule has 1 aliphatic rings. The molecule has 5 nitrogen and oxygen atoms in total. The third-order valence-corrected chi connectivity index (χ3v) is 2.58. The molecule has 0 bridgehead atoms. The van der Waals surface area contributed by atoms with Gasteiger partial charge in [-0.3, -0.25) is 4.79 Å². The average Bonchev–Trinajstić information content (AvgIpc) is 2.76. The minimum absolute atomic E-state index is 0.0937. The largest absolute Gasteiger partial charge is 0.453 e. The van der Waals surface area contributed by atoms with Crippen LogP contribution in [-0.4, -0.2) is 20.2 Å². The molecule has 0 atom stereocenters. The van der Waals surface area contributed by atoms with Crippen molar-refractivity contribution >= 4 is 17.9 Å². The highest BCUT2D eigenvalue weighted by Crippen LogP contribution is 2.41. The Hall–Kier alpha value is -1.30. The van der Waals surface area contributed by atoms with Crippen molar-refractivity contribution in [2.75, 3.05) is 13.9 Å². The van der Waals surface area contributed by atoms with Crippen molar-refractivity contribution in [1.82, 2.24) is 5.48 Å². The molecule has 0 amide bonds. The zero-order chi connectivity index (χ0) is 11.5. The number of benzene rings is 1. The zero-order valence-electron chi connectivity index (χ0n) is 8.58. The lowest BCUT2D eigenvalue weighted by atomic mass is 10.1. The highest BCUT2D eigenvalue weighted by molar-refractivity contribution is 6.32. The van der Waals surface area contributed by atoms with Crippen molar-refractivity contribution in [3.8, 4) is 11.5 Å². The second-order valence-electron chi connectivity index (χ2n) is 3.13.